The van der Waals surface area contributed by atoms with E-state index in [-0.39, 0.29) is 30.7 Å². The van der Waals surface area contributed by atoms with Crippen molar-refractivity contribution < 1.29 is 9.59 Å². The van der Waals surface area contributed by atoms with Crippen LogP contribution < -0.4 is 5.32 Å². The van der Waals surface area contributed by atoms with Crippen LogP contribution in [0.25, 0.3) is 0 Å². The second-order valence-electron chi connectivity index (χ2n) is 7.29. The number of rotatable bonds is 5. The van der Waals surface area contributed by atoms with Gasteiger partial charge in [-0.15, -0.1) is 0 Å². The third-order valence-electron chi connectivity index (χ3n) is 5.23. The van der Waals surface area contributed by atoms with Gasteiger partial charge in [0, 0.05) is 25.3 Å². The highest BCUT2D eigenvalue weighted by molar-refractivity contribution is 6.02. The largest absolute Gasteiger partial charge is 0.353 e. The topological polar surface area (TPSA) is 61.8 Å². The first-order valence-corrected chi connectivity index (χ1v) is 9.95. The van der Waals surface area contributed by atoms with Crippen LogP contribution in [-0.4, -0.2) is 35.1 Å². The molecule has 1 heterocycles. The van der Waals surface area contributed by atoms with Gasteiger partial charge < -0.3 is 5.32 Å². The molecule has 0 unspecified atom stereocenters. The Morgan fingerprint density at radius 3 is 2.42 bits per heavy atom. The van der Waals surface area contributed by atoms with Crippen LogP contribution in [0.2, 0.25) is 0 Å². The summed E-state index contributed by atoms with van der Waals surface area (Å²) in [6, 6.07) is 10.2. The summed E-state index contributed by atoms with van der Waals surface area (Å²) in [6.45, 7) is 0.604. The highest BCUT2D eigenvalue weighted by Crippen LogP contribution is 2.18. The number of nitrogens with zero attached hydrogens (tertiary/aromatic N) is 2. The molecule has 1 aliphatic heterocycles. The fourth-order valence-corrected chi connectivity index (χ4v) is 3.72. The number of hydrazone groups is 1. The minimum absolute atomic E-state index is 0.00428. The van der Waals surface area contributed by atoms with Gasteiger partial charge in [0.15, 0.2) is 0 Å². The third-order valence-corrected chi connectivity index (χ3v) is 5.23. The van der Waals surface area contributed by atoms with Crippen molar-refractivity contribution in [3.8, 4) is 0 Å². The van der Waals surface area contributed by atoms with Gasteiger partial charge in [0.05, 0.1) is 12.3 Å². The van der Waals surface area contributed by atoms with Gasteiger partial charge >= 0.3 is 0 Å². The maximum Gasteiger partial charge on any atom is 0.243 e. The zero-order valence-corrected chi connectivity index (χ0v) is 15.5. The number of hydrogen-bond donors (Lipinski definition) is 1. The number of carbonyl (C=O) groups is 2. The molecule has 3 rings (SSSR count). The van der Waals surface area contributed by atoms with Gasteiger partial charge in [-0.2, -0.15) is 5.10 Å². The molecule has 1 aromatic carbocycles. The molecule has 0 atom stereocenters. The zero-order valence-electron chi connectivity index (χ0n) is 15.5. The van der Waals surface area contributed by atoms with Crippen LogP contribution >= 0.6 is 0 Å². The monoisotopic (exact) mass is 355 g/mol. The van der Waals surface area contributed by atoms with E-state index in [4.69, 9.17) is 0 Å². The first-order chi connectivity index (χ1) is 12.7. The van der Waals surface area contributed by atoms with Crippen LogP contribution in [-0.2, 0) is 9.59 Å². The number of benzene rings is 1. The molecule has 2 amide bonds. The van der Waals surface area contributed by atoms with E-state index < -0.39 is 0 Å². The van der Waals surface area contributed by atoms with Gasteiger partial charge in [0.25, 0.3) is 0 Å². The Kier molecular flexibility index (Phi) is 6.81. The molecule has 1 saturated carbocycles. The Hall–Kier alpha value is -2.17. The van der Waals surface area contributed by atoms with Gasteiger partial charge in [0.1, 0.15) is 0 Å². The molecule has 140 valence electrons. The Bertz CT molecular complexity index is 634. The van der Waals surface area contributed by atoms with Gasteiger partial charge in [-0.3, -0.25) is 9.59 Å². The Morgan fingerprint density at radius 1 is 1.00 bits per heavy atom. The smallest absolute Gasteiger partial charge is 0.243 e. The van der Waals surface area contributed by atoms with Crippen LogP contribution in [0.15, 0.2) is 35.4 Å². The van der Waals surface area contributed by atoms with Crippen molar-refractivity contribution in [3.05, 3.63) is 35.9 Å². The summed E-state index contributed by atoms with van der Waals surface area (Å²) in [5.74, 6) is -0.0702. The molecule has 0 saturated heterocycles. The van der Waals surface area contributed by atoms with Gasteiger partial charge in [-0.05, 0) is 18.4 Å². The number of carbonyl (C=O) groups excluding carboxylic acids is 2. The summed E-state index contributed by atoms with van der Waals surface area (Å²) in [5.41, 5.74) is 2.00. The predicted octanol–water partition coefficient (Wildman–Crippen LogP) is 3.63. The van der Waals surface area contributed by atoms with Gasteiger partial charge in [0.2, 0.25) is 11.8 Å². The highest BCUT2D eigenvalue weighted by atomic mass is 16.2. The SMILES string of the molecule is O=C(CCC(=O)N1CCC(c2ccccc2)=N1)NC1CCCCCCC1. The van der Waals surface area contributed by atoms with E-state index >= 15 is 0 Å². The summed E-state index contributed by atoms with van der Waals surface area (Å²) < 4.78 is 0. The van der Waals surface area contributed by atoms with Crippen molar-refractivity contribution in [1.29, 1.82) is 0 Å². The second-order valence-corrected chi connectivity index (χ2v) is 7.29. The molecule has 1 N–H and O–H groups in total. The van der Waals surface area contributed by atoms with Crippen molar-refractivity contribution in [2.24, 2.45) is 5.10 Å². The minimum atomic E-state index is -0.0660. The van der Waals surface area contributed by atoms with Crippen LogP contribution in [0.1, 0.15) is 69.8 Å². The minimum Gasteiger partial charge on any atom is -0.353 e. The molecule has 0 radical (unpaired) electrons. The highest BCUT2D eigenvalue weighted by Gasteiger charge is 2.22. The molecular weight excluding hydrogens is 326 g/mol. The summed E-state index contributed by atoms with van der Waals surface area (Å²) in [7, 11) is 0. The van der Waals surface area contributed by atoms with Gasteiger partial charge in [-0.25, -0.2) is 5.01 Å². The summed E-state index contributed by atoms with van der Waals surface area (Å²) >= 11 is 0. The molecule has 1 fully saturated rings. The standard InChI is InChI=1S/C21H29N3O2/c25-20(22-18-11-7-2-1-3-8-12-18)13-14-21(26)24-16-15-19(23-24)17-9-5-4-6-10-17/h4-6,9-10,18H,1-3,7-8,11-16H2,(H,22,25). The van der Waals surface area contributed by atoms with Crippen LogP contribution in [0.5, 0.6) is 0 Å². The first-order valence-electron chi connectivity index (χ1n) is 9.95. The lowest BCUT2D eigenvalue weighted by Gasteiger charge is -2.21. The molecule has 0 aromatic heterocycles. The molecule has 2 aliphatic rings. The molecule has 26 heavy (non-hydrogen) atoms. The second kappa shape index (κ2) is 9.51. The first kappa shape index (κ1) is 18.6. The van der Waals surface area contributed by atoms with E-state index in [0.717, 1.165) is 30.5 Å². The Balaban J connectivity index is 1.43. The quantitative estimate of drug-likeness (QED) is 0.877. The van der Waals surface area contributed by atoms with Crippen molar-refractivity contribution in [2.75, 3.05) is 6.54 Å². The van der Waals surface area contributed by atoms with Crippen LogP contribution in [0.4, 0.5) is 0 Å². The molecule has 5 nitrogen and oxygen atoms in total. The lowest BCUT2D eigenvalue weighted by molar-refractivity contribution is -0.133. The number of hydrogen-bond acceptors (Lipinski definition) is 3. The maximum absolute atomic E-state index is 12.4. The van der Waals surface area contributed by atoms with Crippen LogP contribution in [0.3, 0.4) is 0 Å². The molecule has 5 heteroatoms. The van der Waals surface area contributed by atoms with Crippen molar-refractivity contribution in [2.45, 2.75) is 70.3 Å². The third kappa shape index (κ3) is 5.41. The average Bonchev–Trinajstić information content (AvgIpc) is 3.13. The molecule has 0 spiro atoms. The van der Waals surface area contributed by atoms with E-state index in [1.54, 1.807) is 0 Å². The summed E-state index contributed by atoms with van der Waals surface area (Å²) in [4.78, 5) is 24.6. The Morgan fingerprint density at radius 2 is 1.69 bits per heavy atom. The Labute approximate surface area is 155 Å². The molecule has 1 aliphatic carbocycles. The lowest BCUT2D eigenvalue weighted by atomic mass is 9.96. The fourth-order valence-electron chi connectivity index (χ4n) is 3.72. The number of amides is 2. The number of nitrogens with one attached hydrogen (secondary N) is 1. The fraction of sp³-hybridized carbons (Fsp3) is 0.571. The summed E-state index contributed by atoms with van der Waals surface area (Å²) in [6.07, 6.45) is 9.60. The molecule has 0 bridgehead atoms. The van der Waals surface area contributed by atoms with E-state index in [9.17, 15) is 9.59 Å². The average molecular weight is 355 g/mol. The summed E-state index contributed by atoms with van der Waals surface area (Å²) in [5, 5.41) is 9.08. The van der Waals surface area contributed by atoms with Crippen molar-refractivity contribution >= 4 is 17.5 Å². The van der Waals surface area contributed by atoms with Crippen molar-refractivity contribution in [3.63, 3.8) is 0 Å². The maximum atomic E-state index is 12.4. The zero-order chi connectivity index (χ0) is 18.2. The van der Waals surface area contributed by atoms with E-state index in [1.165, 1.54) is 37.1 Å². The van der Waals surface area contributed by atoms with E-state index in [0.29, 0.717) is 6.54 Å². The normalized spacial score (nSPS) is 18.8. The van der Waals surface area contributed by atoms with E-state index in [1.807, 2.05) is 30.3 Å². The van der Waals surface area contributed by atoms with Gasteiger partial charge in [-0.1, -0.05) is 62.4 Å². The predicted molar refractivity (Wildman–Crippen MR) is 103 cm³/mol. The van der Waals surface area contributed by atoms with E-state index in [2.05, 4.69) is 10.4 Å². The van der Waals surface area contributed by atoms with Crippen LogP contribution in [0, 0.1) is 0 Å². The molecular formula is C21H29N3O2. The lowest BCUT2D eigenvalue weighted by Crippen LogP contribution is -2.36. The molecule has 1 aromatic rings. The van der Waals surface area contributed by atoms with Crippen molar-refractivity contribution in [1.82, 2.24) is 10.3 Å².